The summed E-state index contributed by atoms with van der Waals surface area (Å²) >= 11 is 0. The lowest BCUT2D eigenvalue weighted by Crippen LogP contribution is -2.51. The van der Waals surface area contributed by atoms with Crippen molar-refractivity contribution in [3.63, 3.8) is 0 Å². The number of hydrogen-bond acceptors (Lipinski definition) is 6. The first-order valence-electron chi connectivity index (χ1n) is 15.9. The summed E-state index contributed by atoms with van der Waals surface area (Å²) in [4.78, 5) is 46.4. The van der Waals surface area contributed by atoms with Gasteiger partial charge in [-0.3, -0.25) is 9.63 Å². The Balaban J connectivity index is 1.21. The van der Waals surface area contributed by atoms with Crippen LogP contribution < -0.4 is 0 Å². The molecule has 8 nitrogen and oxygen atoms in total. The van der Waals surface area contributed by atoms with E-state index in [0.29, 0.717) is 49.0 Å². The van der Waals surface area contributed by atoms with E-state index in [1.807, 2.05) is 33.8 Å². The van der Waals surface area contributed by atoms with Gasteiger partial charge in [-0.2, -0.15) is 0 Å². The molecule has 0 aromatic rings. The van der Waals surface area contributed by atoms with Gasteiger partial charge < -0.3 is 14.5 Å². The average Bonchev–Trinajstić information content (AvgIpc) is 3.67. The fraction of sp³-hybridized carbons (Fsp3) is 0.818. The molecule has 5 aliphatic carbocycles. The van der Waals surface area contributed by atoms with Crippen LogP contribution in [0.15, 0.2) is 16.8 Å². The predicted octanol–water partition coefficient (Wildman–Crippen LogP) is 6.98. The van der Waals surface area contributed by atoms with Gasteiger partial charge >= 0.3 is 12.2 Å². The van der Waals surface area contributed by atoms with Crippen molar-refractivity contribution in [3.05, 3.63) is 11.6 Å². The Hall–Kier alpha value is -2.38. The largest absolute Gasteiger partial charge is 0.444 e. The van der Waals surface area contributed by atoms with Crippen molar-refractivity contribution >= 4 is 23.7 Å². The standard InChI is InChI=1S/C33H51N3O5/c1-21(34-41-30(39)36(23-9-10-23)19-18-35(7)29(38)40-31(2,3)4)26-12-13-27-25-11-8-22-20-24(37)14-16-32(22,5)28(25)15-17-33(26,27)6/h20,23,25-28H,8-19H2,1-7H3/b34-21+/t25-,26+,27-,28-,32-,33+/m0/s1. The Morgan fingerprint density at radius 3 is 2.39 bits per heavy atom. The molecule has 4 saturated carbocycles. The highest BCUT2D eigenvalue weighted by molar-refractivity contribution is 5.91. The molecule has 0 heterocycles. The lowest BCUT2D eigenvalue weighted by atomic mass is 9.46. The van der Waals surface area contributed by atoms with Crippen molar-refractivity contribution in [3.8, 4) is 0 Å². The molecule has 0 saturated heterocycles. The molecule has 228 valence electrons. The molecule has 6 atom stereocenters. The molecule has 0 aliphatic heterocycles. The van der Waals surface area contributed by atoms with Crippen molar-refractivity contribution in [1.82, 2.24) is 9.80 Å². The van der Waals surface area contributed by atoms with Crippen molar-refractivity contribution in [2.24, 2.45) is 39.7 Å². The van der Waals surface area contributed by atoms with Crippen molar-refractivity contribution in [2.75, 3.05) is 20.1 Å². The SMILES string of the molecule is C/C(=N\OC(=O)N(CCN(C)C(=O)OC(C)(C)C)C1CC1)[C@H]1CC[C@H]2[C@@H]3CCC4=CC(=O)CC[C@]4(C)[C@H]3CC[C@]12C. The number of ketones is 1. The van der Waals surface area contributed by atoms with Gasteiger partial charge in [0.1, 0.15) is 5.60 Å². The molecule has 0 aromatic heterocycles. The number of amides is 2. The molecule has 0 N–H and O–H groups in total. The quantitative estimate of drug-likeness (QED) is 0.196. The summed E-state index contributed by atoms with van der Waals surface area (Å²) in [5.41, 5.74) is 2.12. The van der Waals surface area contributed by atoms with Crippen LogP contribution in [0.25, 0.3) is 0 Å². The van der Waals surface area contributed by atoms with E-state index in [1.54, 1.807) is 11.9 Å². The highest BCUT2D eigenvalue weighted by Gasteiger charge is 2.59. The first kappa shape index (κ1) is 30.1. The first-order valence-corrected chi connectivity index (χ1v) is 15.9. The highest BCUT2D eigenvalue weighted by atomic mass is 16.7. The van der Waals surface area contributed by atoms with Gasteiger partial charge in [-0.1, -0.05) is 24.6 Å². The maximum atomic E-state index is 13.1. The van der Waals surface area contributed by atoms with Gasteiger partial charge in [-0.05, 0) is 120 Å². The molecule has 5 rings (SSSR count). The molecule has 5 aliphatic rings. The minimum Gasteiger partial charge on any atom is -0.444 e. The molecule has 0 spiro atoms. The summed E-state index contributed by atoms with van der Waals surface area (Å²) in [5, 5.41) is 4.45. The monoisotopic (exact) mass is 569 g/mol. The zero-order chi connectivity index (χ0) is 29.7. The molecule has 0 radical (unpaired) electrons. The van der Waals surface area contributed by atoms with Crippen molar-refractivity contribution in [2.45, 2.75) is 117 Å². The molecule has 41 heavy (non-hydrogen) atoms. The molecule has 8 heteroatoms. The lowest BCUT2D eigenvalue weighted by molar-refractivity contribution is -0.117. The molecule has 4 fully saturated rings. The fourth-order valence-electron chi connectivity index (χ4n) is 8.97. The number of allylic oxidation sites excluding steroid dienone is 1. The number of fused-ring (bicyclic) bond motifs is 5. The number of rotatable bonds is 6. The Bertz CT molecular complexity index is 1120. The van der Waals surface area contributed by atoms with Gasteiger partial charge in [0.05, 0.1) is 5.71 Å². The van der Waals surface area contributed by atoms with Crippen LogP contribution in [0.5, 0.6) is 0 Å². The number of oxime groups is 1. The third-order valence-electron chi connectivity index (χ3n) is 11.3. The van der Waals surface area contributed by atoms with Gasteiger partial charge in [-0.15, -0.1) is 0 Å². The smallest absolute Gasteiger partial charge is 0.436 e. The summed E-state index contributed by atoms with van der Waals surface area (Å²) in [5.74, 6) is 2.63. The van der Waals surface area contributed by atoms with Crippen LogP contribution in [0, 0.1) is 34.5 Å². The zero-order valence-electron chi connectivity index (χ0n) is 26.3. The summed E-state index contributed by atoms with van der Waals surface area (Å²) in [6.07, 6.45) is 11.6. The second-order valence-corrected chi connectivity index (χ2v) is 15.1. The van der Waals surface area contributed by atoms with E-state index >= 15 is 0 Å². The average molecular weight is 570 g/mol. The third kappa shape index (κ3) is 5.94. The van der Waals surface area contributed by atoms with Gasteiger partial charge in [0.2, 0.25) is 0 Å². The Kier molecular flexibility index (Phi) is 8.10. The molecule has 0 bridgehead atoms. The number of nitrogens with zero attached hydrogens (tertiary/aromatic N) is 3. The second-order valence-electron chi connectivity index (χ2n) is 15.1. The van der Waals surface area contributed by atoms with Crippen LogP contribution in [-0.2, 0) is 14.4 Å². The Labute approximate surface area is 246 Å². The molecule has 0 unspecified atom stereocenters. The van der Waals surface area contributed by atoms with E-state index in [9.17, 15) is 14.4 Å². The van der Waals surface area contributed by atoms with Crippen LogP contribution in [0.2, 0.25) is 0 Å². The zero-order valence-corrected chi connectivity index (χ0v) is 26.3. The van der Waals surface area contributed by atoms with E-state index in [0.717, 1.165) is 44.2 Å². The lowest BCUT2D eigenvalue weighted by Gasteiger charge is -2.58. The van der Waals surface area contributed by atoms with E-state index in [-0.39, 0.29) is 16.9 Å². The molecule has 0 aromatic carbocycles. The van der Waals surface area contributed by atoms with Crippen molar-refractivity contribution < 1.29 is 24.0 Å². The number of carbonyl (C=O) groups is 3. The van der Waals surface area contributed by atoms with E-state index < -0.39 is 17.8 Å². The minimum atomic E-state index is -0.562. The van der Waals surface area contributed by atoms with Crippen LogP contribution in [0.3, 0.4) is 0 Å². The Morgan fingerprint density at radius 2 is 1.71 bits per heavy atom. The van der Waals surface area contributed by atoms with Gasteiger partial charge in [-0.25, -0.2) is 9.59 Å². The summed E-state index contributed by atoms with van der Waals surface area (Å²) in [6.45, 7) is 13.2. The maximum Gasteiger partial charge on any atom is 0.436 e. The van der Waals surface area contributed by atoms with Gasteiger partial charge in [0.25, 0.3) is 0 Å². The van der Waals surface area contributed by atoms with Crippen LogP contribution >= 0.6 is 0 Å². The first-order chi connectivity index (χ1) is 19.2. The predicted molar refractivity (Wildman–Crippen MR) is 158 cm³/mol. The molecule has 2 amide bonds. The third-order valence-corrected chi connectivity index (χ3v) is 11.3. The maximum absolute atomic E-state index is 13.1. The number of likely N-dealkylation sites (N-methyl/N-ethyl adjacent to an activating group) is 1. The summed E-state index contributed by atoms with van der Waals surface area (Å²) < 4.78 is 5.44. The number of ether oxygens (including phenoxy) is 1. The molecular formula is C33H51N3O5. The highest BCUT2D eigenvalue weighted by Crippen LogP contribution is 2.66. The summed E-state index contributed by atoms with van der Waals surface area (Å²) in [7, 11) is 1.69. The van der Waals surface area contributed by atoms with E-state index in [2.05, 4.69) is 19.0 Å². The van der Waals surface area contributed by atoms with Crippen molar-refractivity contribution in [1.29, 1.82) is 0 Å². The topological polar surface area (TPSA) is 88.5 Å². The Morgan fingerprint density at radius 1 is 0.976 bits per heavy atom. The summed E-state index contributed by atoms with van der Waals surface area (Å²) in [6, 6.07) is 0.149. The fourth-order valence-corrected chi connectivity index (χ4v) is 8.97. The van der Waals surface area contributed by atoms with Gasteiger partial charge in [0.15, 0.2) is 5.78 Å². The number of carbonyl (C=O) groups excluding carboxylic acids is 3. The van der Waals surface area contributed by atoms with Crippen LogP contribution in [0.1, 0.15) is 106 Å². The molecular weight excluding hydrogens is 518 g/mol. The van der Waals surface area contributed by atoms with E-state index in [4.69, 9.17) is 9.57 Å². The minimum absolute atomic E-state index is 0.149. The number of hydrogen-bond donors (Lipinski definition) is 0. The van der Waals surface area contributed by atoms with Gasteiger partial charge in [0, 0.05) is 38.5 Å². The van der Waals surface area contributed by atoms with E-state index in [1.165, 1.54) is 29.7 Å². The second kappa shape index (κ2) is 11.0. The normalized spacial score (nSPS) is 35.0. The van der Waals surface area contributed by atoms with Crippen LogP contribution in [0.4, 0.5) is 9.59 Å². The van der Waals surface area contributed by atoms with Crippen LogP contribution in [-0.4, -0.2) is 65.3 Å².